The number of nitrogen functional groups attached to an aromatic ring is 1. The fourth-order valence-corrected chi connectivity index (χ4v) is 3.00. The Morgan fingerprint density at radius 2 is 1.95 bits per heavy atom. The zero-order chi connectivity index (χ0) is 15.8. The fraction of sp³-hybridized carbons (Fsp3) is 0.562. The molecule has 0 bridgehead atoms. The summed E-state index contributed by atoms with van der Waals surface area (Å²) >= 11 is 0. The average molecular weight is 294 g/mol. The molecule has 0 aromatic heterocycles. The molecule has 21 heavy (non-hydrogen) atoms. The number of halogens is 1. The van der Waals surface area contributed by atoms with E-state index in [9.17, 15) is 9.18 Å². The topological polar surface area (TPSA) is 66.6 Å². The number of nitrogens with two attached hydrogens (primary N) is 1. The Kier molecular flexibility index (Phi) is 4.12. The molecule has 0 unspecified atom stereocenters. The summed E-state index contributed by atoms with van der Waals surface area (Å²) in [5.74, 6) is -1.60. The maximum absolute atomic E-state index is 14.1. The molecule has 1 aromatic carbocycles. The number of hydrogen-bond donors (Lipinski definition) is 2. The summed E-state index contributed by atoms with van der Waals surface area (Å²) in [6.07, 6.45) is 4.14. The molecule has 0 atom stereocenters. The van der Waals surface area contributed by atoms with Gasteiger partial charge in [-0.2, -0.15) is 0 Å². The molecular formula is C16H23FN2O2. The number of aromatic carboxylic acids is 1. The zero-order valence-corrected chi connectivity index (χ0v) is 12.8. The van der Waals surface area contributed by atoms with Gasteiger partial charge < -0.3 is 15.7 Å². The standard InChI is InChI=1S/C16H23FN2O2/c1-16(2)6-4-10(5-7-16)19(3)14-8-11(15(20)21)13(18)9-12(14)17/h8-10H,4-7,18H2,1-3H3,(H,20,21). The van der Waals surface area contributed by atoms with Crippen LogP contribution in [0.2, 0.25) is 0 Å². The number of nitrogens with zero attached hydrogens (tertiary/aromatic N) is 1. The Hall–Kier alpha value is -1.78. The SMILES string of the molecule is CN(c1cc(C(=O)O)c(N)cc1F)C1CCC(C)(C)CC1. The highest BCUT2D eigenvalue weighted by molar-refractivity contribution is 5.95. The van der Waals surface area contributed by atoms with Crippen molar-refractivity contribution >= 4 is 17.3 Å². The lowest BCUT2D eigenvalue weighted by Gasteiger charge is -2.39. The van der Waals surface area contributed by atoms with E-state index in [1.807, 2.05) is 11.9 Å². The Morgan fingerprint density at radius 1 is 1.38 bits per heavy atom. The molecule has 1 saturated carbocycles. The molecule has 0 aliphatic heterocycles. The van der Waals surface area contributed by atoms with Crippen molar-refractivity contribution in [1.29, 1.82) is 0 Å². The van der Waals surface area contributed by atoms with Gasteiger partial charge in [0.05, 0.1) is 11.3 Å². The van der Waals surface area contributed by atoms with Crippen molar-refractivity contribution in [1.82, 2.24) is 0 Å². The van der Waals surface area contributed by atoms with Crippen molar-refractivity contribution in [3.8, 4) is 0 Å². The molecule has 1 aliphatic rings. The van der Waals surface area contributed by atoms with E-state index in [1.54, 1.807) is 0 Å². The van der Waals surface area contributed by atoms with Gasteiger partial charge in [-0.25, -0.2) is 9.18 Å². The number of carbonyl (C=O) groups is 1. The van der Waals surface area contributed by atoms with Crippen molar-refractivity contribution in [2.75, 3.05) is 17.7 Å². The Balaban J connectivity index is 2.25. The quantitative estimate of drug-likeness (QED) is 0.837. The number of hydrogen-bond acceptors (Lipinski definition) is 3. The van der Waals surface area contributed by atoms with Crippen LogP contribution < -0.4 is 10.6 Å². The molecule has 0 spiro atoms. The first-order valence-electron chi connectivity index (χ1n) is 7.26. The third-order valence-electron chi connectivity index (χ3n) is 4.59. The Bertz CT molecular complexity index is 547. The van der Waals surface area contributed by atoms with Gasteiger partial charge in [0.1, 0.15) is 5.82 Å². The van der Waals surface area contributed by atoms with Crippen LogP contribution >= 0.6 is 0 Å². The van der Waals surface area contributed by atoms with Crippen molar-refractivity contribution in [2.24, 2.45) is 5.41 Å². The van der Waals surface area contributed by atoms with Crippen molar-refractivity contribution in [3.63, 3.8) is 0 Å². The van der Waals surface area contributed by atoms with Gasteiger partial charge in [0.25, 0.3) is 0 Å². The van der Waals surface area contributed by atoms with E-state index in [2.05, 4.69) is 13.8 Å². The van der Waals surface area contributed by atoms with E-state index in [1.165, 1.54) is 6.07 Å². The Labute approximate surface area is 124 Å². The molecule has 1 fully saturated rings. The fourth-order valence-electron chi connectivity index (χ4n) is 3.00. The maximum atomic E-state index is 14.1. The number of carboxylic acid groups (broad SMARTS) is 1. The monoisotopic (exact) mass is 294 g/mol. The summed E-state index contributed by atoms with van der Waals surface area (Å²) in [7, 11) is 1.82. The molecule has 116 valence electrons. The summed E-state index contributed by atoms with van der Waals surface area (Å²) < 4.78 is 14.1. The molecule has 0 heterocycles. The molecule has 0 saturated heterocycles. The highest BCUT2D eigenvalue weighted by Crippen LogP contribution is 2.38. The lowest BCUT2D eigenvalue weighted by Crippen LogP contribution is -2.37. The molecule has 1 aromatic rings. The lowest BCUT2D eigenvalue weighted by molar-refractivity contribution is 0.0698. The second kappa shape index (κ2) is 5.54. The van der Waals surface area contributed by atoms with Crippen LogP contribution in [0.1, 0.15) is 49.9 Å². The normalized spacial score (nSPS) is 18.5. The van der Waals surface area contributed by atoms with Gasteiger partial charge in [-0.3, -0.25) is 0 Å². The number of rotatable bonds is 3. The molecule has 2 rings (SSSR count). The smallest absolute Gasteiger partial charge is 0.337 e. The van der Waals surface area contributed by atoms with Crippen molar-refractivity contribution in [2.45, 2.75) is 45.6 Å². The van der Waals surface area contributed by atoms with Gasteiger partial charge in [0.15, 0.2) is 0 Å². The summed E-state index contributed by atoms with van der Waals surface area (Å²) in [4.78, 5) is 13.0. The number of carboxylic acids is 1. The first-order valence-corrected chi connectivity index (χ1v) is 7.26. The molecular weight excluding hydrogens is 271 g/mol. The van der Waals surface area contributed by atoms with E-state index in [4.69, 9.17) is 10.8 Å². The van der Waals surface area contributed by atoms with E-state index in [-0.39, 0.29) is 17.3 Å². The number of benzene rings is 1. The minimum Gasteiger partial charge on any atom is -0.478 e. The van der Waals surface area contributed by atoms with Crippen LogP contribution in [0.5, 0.6) is 0 Å². The molecule has 4 nitrogen and oxygen atoms in total. The second-order valence-electron chi connectivity index (χ2n) is 6.70. The van der Waals surface area contributed by atoms with Gasteiger partial charge in [0, 0.05) is 18.8 Å². The predicted octanol–water partition coefficient (Wildman–Crippen LogP) is 3.51. The molecule has 0 amide bonds. The van der Waals surface area contributed by atoms with E-state index < -0.39 is 11.8 Å². The third-order valence-corrected chi connectivity index (χ3v) is 4.59. The third kappa shape index (κ3) is 3.28. The minimum atomic E-state index is -1.13. The minimum absolute atomic E-state index is 0.0399. The van der Waals surface area contributed by atoms with E-state index in [0.29, 0.717) is 11.1 Å². The van der Waals surface area contributed by atoms with Gasteiger partial charge in [-0.05, 0) is 43.2 Å². The highest BCUT2D eigenvalue weighted by Gasteiger charge is 2.30. The first kappa shape index (κ1) is 15.6. The maximum Gasteiger partial charge on any atom is 0.337 e. The lowest BCUT2D eigenvalue weighted by atomic mass is 9.75. The molecule has 0 radical (unpaired) electrons. The van der Waals surface area contributed by atoms with Gasteiger partial charge in [0.2, 0.25) is 0 Å². The summed E-state index contributed by atoms with van der Waals surface area (Å²) in [5.41, 5.74) is 6.13. The van der Waals surface area contributed by atoms with Gasteiger partial charge >= 0.3 is 5.97 Å². The predicted molar refractivity (Wildman–Crippen MR) is 82.2 cm³/mol. The largest absolute Gasteiger partial charge is 0.478 e. The van der Waals surface area contributed by atoms with Crippen LogP contribution in [-0.4, -0.2) is 24.2 Å². The average Bonchev–Trinajstić information content (AvgIpc) is 2.37. The molecule has 3 N–H and O–H groups in total. The summed E-state index contributed by atoms with van der Waals surface area (Å²) in [6, 6.07) is 2.67. The number of anilines is 2. The Morgan fingerprint density at radius 3 is 2.48 bits per heavy atom. The molecule has 5 heteroatoms. The van der Waals surface area contributed by atoms with Crippen LogP contribution in [0.15, 0.2) is 12.1 Å². The van der Waals surface area contributed by atoms with Gasteiger partial charge in [-0.1, -0.05) is 13.8 Å². The van der Waals surface area contributed by atoms with Crippen LogP contribution in [0.25, 0.3) is 0 Å². The van der Waals surface area contributed by atoms with E-state index in [0.717, 1.165) is 31.7 Å². The first-order chi connectivity index (χ1) is 9.71. The second-order valence-corrected chi connectivity index (χ2v) is 6.70. The highest BCUT2D eigenvalue weighted by atomic mass is 19.1. The van der Waals surface area contributed by atoms with E-state index >= 15 is 0 Å². The van der Waals surface area contributed by atoms with Crippen LogP contribution in [0.4, 0.5) is 15.8 Å². The molecule has 1 aliphatic carbocycles. The summed E-state index contributed by atoms with van der Waals surface area (Å²) in [5, 5.41) is 9.12. The van der Waals surface area contributed by atoms with Crippen LogP contribution in [0, 0.1) is 11.2 Å². The van der Waals surface area contributed by atoms with Gasteiger partial charge in [-0.15, -0.1) is 0 Å². The van der Waals surface area contributed by atoms with Crippen LogP contribution in [-0.2, 0) is 0 Å². The summed E-state index contributed by atoms with van der Waals surface area (Å²) in [6.45, 7) is 4.49. The van der Waals surface area contributed by atoms with Crippen molar-refractivity contribution in [3.05, 3.63) is 23.5 Å². The zero-order valence-electron chi connectivity index (χ0n) is 12.8. The van der Waals surface area contributed by atoms with Crippen LogP contribution in [0.3, 0.4) is 0 Å². The van der Waals surface area contributed by atoms with Crippen molar-refractivity contribution < 1.29 is 14.3 Å².